The van der Waals surface area contributed by atoms with Crippen LogP contribution in [0.25, 0.3) is 11.4 Å². The van der Waals surface area contributed by atoms with Crippen molar-refractivity contribution in [1.82, 2.24) is 15.4 Å². The zero-order valence-electron chi connectivity index (χ0n) is 15.4. The van der Waals surface area contributed by atoms with Crippen molar-refractivity contribution in [3.8, 4) is 11.4 Å². The van der Waals surface area contributed by atoms with Crippen molar-refractivity contribution in [2.45, 2.75) is 20.3 Å². The lowest BCUT2D eigenvalue weighted by molar-refractivity contribution is -0.116. The van der Waals surface area contributed by atoms with E-state index < -0.39 is 5.91 Å². The Morgan fingerprint density at radius 2 is 1.79 bits per heavy atom. The van der Waals surface area contributed by atoms with E-state index in [-0.39, 0.29) is 18.0 Å². The molecule has 0 spiro atoms. The predicted molar refractivity (Wildman–Crippen MR) is 103 cm³/mol. The zero-order valence-corrected chi connectivity index (χ0v) is 15.4. The number of nitrogens with zero attached hydrogens (tertiary/aromatic N) is 3. The number of hydroxylamine groups is 1. The third-order valence-corrected chi connectivity index (χ3v) is 4.76. The first-order valence-corrected chi connectivity index (χ1v) is 8.80. The van der Waals surface area contributed by atoms with Crippen LogP contribution in [0.2, 0.25) is 0 Å². The Kier molecular flexibility index (Phi) is 4.37. The summed E-state index contributed by atoms with van der Waals surface area (Å²) in [6, 6.07) is 15.0. The molecule has 0 unspecified atom stereocenters. The summed E-state index contributed by atoms with van der Waals surface area (Å²) in [7, 11) is 0. The monoisotopic (exact) mass is 374 g/mol. The normalized spacial score (nSPS) is 12.8. The number of hydrogen-bond acceptors (Lipinski definition) is 5. The smallest absolute Gasteiger partial charge is 0.288 e. The fourth-order valence-electron chi connectivity index (χ4n) is 3.30. The molecular weight excluding hydrogens is 356 g/mol. The first-order valence-electron chi connectivity index (χ1n) is 8.80. The minimum atomic E-state index is -0.772. The maximum Gasteiger partial charge on any atom is 0.293 e. The number of para-hydroxylation sites is 1. The number of amides is 2. The molecule has 0 saturated carbocycles. The van der Waals surface area contributed by atoms with E-state index in [9.17, 15) is 9.59 Å². The Bertz CT molecular complexity index is 1090. The molecule has 1 aliphatic heterocycles. The van der Waals surface area contributed by atoms with Crippen molar-refractivity contribution in [3.63, 3.8) is 0 Å². The van der Waals surface area contributed by atoms with E-state index in [4.69, 9.17) is 5.21 Å². The molecule has 2 heterocycles. The van der Waals surface area contributed by atoms with Crippen LogP contribution in [0.5, 0.6) is 0 Å². The van der Waals surface area contributed by atoms with Gasteiger partial charge >= 0.3 is 0 Å². The van der Waals surface area contributed by atoms with Crippen LogP contribution >= 0.6 is 0 Å². The lowest BCUT2D eigenvalue weighted by Crippen LogP contribution is -2.23. The van der Waals surface area contributed by atoms with Crippen molar-refractivity contribution in [1.29, 1.82) is 0 Å². The largest absolute Gasteiger partial charge is 0.293 e. The Labute approximate surface area is 161 Å². The Hall–Kier alpha value is -3.58. The molecule has 1 aliphatic rings. The van der Waals surface area contributed by atoms with E-state index in [1.54, 1.807) is 5.48 Å². The quantitative estimate of drug-likeness (QED) is 0.543. The first kappa shape index (κ1) is 17.8. The molecule has 140 valence electrons. The van der Waals surface area contributed by atoms with Gasteiger partial charge in [0.15, 0.2) is 5.82 Å². The number of fused-ring (bicyclic) bond motifs is 1. The maximum absolute atomic E-state index is 12.8. The van der Waals surface area contributed by atoms with Gasteiger partial charge in [-0.3, -0.25) is 19.7 Å². The molecule has 0 radical (unpaired) electrons. The summed E-state index contributed by atoms with van der Waals surface area (Å²) >= 11 is 0. The third kappa shape index (κ3) is 2.91. The molecule has 4 rings (SSSR count). The number of carbonyl (C=O) groups excluding carboxylic acids is 2. The standard InChI is InChI=1S/C21H18N4O3/c1-12-7-9-14(10-8-12)19-22-18(21(27)24-28)15-11-17(26)25(20(15)23-19)16-6-4-3-5-13(16)2/h3-10,28H,11H2,1-2H3,(H,24,27). The minimum Gasteiger partial charge on any atom is -0.288 e. The lowest BCUT2D eigenvalue weighted by Gasteiger charge is -2.19. The van der Waals surface area contributed by atoms with E-state index in [1.807, 2.05) is 62.4 Å². The Morgan fingerprint density at radius 3 is 2.46 bits per heavy atom. The highest BCUT2D eigenvalue weighted by molar-refractivity contribution is 6.10. The molecule has 7 heteroatoms. The van der Waals surface area contributed by atoms with Crippen LogP contribution in [0.15, 0.2) is 48.5 Å². The molecular formula is C21H18N4O3. The van der Waals surface area contributed by atoms with Gasteiger partial charge in [-0.1, -0.05) is 48.0 Å². The maximum atomic E-state index is 12.8. The third-order valence-electron chi connectivity index (χ3n) is 4.76. The topological polar surface area (TPSA) is 95.4 Å². The minimum absolute atomic E-state index is 0.00694. The van der Waals surface area contributed by atoms with Crippen LogP contribution in [0, 0.1) is 13.8 Å². The summed E-state index contributed by atoms with van der Waals surface area (Å²) in [6.45, 7) is 3.88. The van der Waals surface area contributed by atoms with Gasteiger partial charge in [0.2, 0.25) is 5.91 Å². The van der Waals surface area contributed by atoms with Crippen molar-refractivity contribution in [3.05, 3.63) is 70.9 Å². The van der Waals surface area contributed by atoms with E-state index in [2.05, 4.69) is 9.97 Å². The van der Waals surface area contributed by atoms with Crippen molar-refractivity contribution >= 4 is 23.3 Å². The molecule has 0 saturated heterocycles. The second kappa shape index (κ2) is 6.86. The van der Waals surface area contributed by atoms with Crippen LogP contribution in [0.1, 0.15) is 27.2 Å². The molecule has 7 nitrogen and oxygen atoms in total. The van der Waals surface area contributed by atoms with Gasteiger partial charge in [0.05, 0.1) is 12.1 Å². The first-order chi connectivity index (χ1) is 13.5. The van der Waals surface area contributed by atoms with E-state index in [0.717, 1.165) is 11.1 Å². The number of aryl methyl sites for hydroxylation is 2. The van der Waals surface area contributed by atoms with Crippen LogP contribution in [-0.4, -0.2) is 27.0 Å². The molecule has 0 fully saturated rings. The van der Waals surface area contributed by atoms with Crippen LogP contribution in [0.3, 0.4) is 0 Å². The van der Waals surface area contributed by atoms with Crippen LogP contribution in [-0.2, 0) is 11.2 Å². The number of anilines is 2. The van der Waals surface area contributed by atoms with Crippen LogP contribution in [0.4, 0.5) is 11.5 Å². The van der Waals surface area contributed by atoms with Gasteiger partial charge in [-0.2, -0.15) is 0 Å². The zero-order chi connectivity index (χ0) is 19.8. The summed E-state index contributed by atoms with van der Waals surface area (Å²) < 4.78 is 0. The van der Waals surface area contributed by atoms with E-state index >= 15 is 0 Å². The number of aromatic nitrogens is 2. The molecule has 2 amide bonds. The van der Waals surface area contributed by atoms with Gasteiger partial charge in [-0.05, 0) is 25.5 Å². The van der Waals surface area contributed by atoms with Crippen molar-refractivity contribution in [2.24, 2.45) is 0 Å². The summed E-state index contributed by atoms with van der Waals surface area (Å²) in [5.74, 6) is -0.299. The SMILES string of the molecule is Cc1ccc(-c2nc(C(=O)NO)c3c(n2)N(c2ccccc2C)C(=O)C3)cc1. The highest BCUT2D eigenvalue weighted by atomic mass is 16.5. The predicted octanol–water partition coefficient (Wildman–Crippen LogP) is 3.10. The Balaban J connectivity index is 1.95. The van der Waals surface area contributed by atoms with Crippen molar-refractivity contribution in [2.75, 3.05) is 4.90 Å². The average Bonchev–Trinajstić information content (AvgIpc) is 3.03. The number of nitrogens with one attached hydrogen (secondary N) is 1. The molecule has 2 N–H and O–H groups in total. The highest BCUT2D eigenvalue weighted by Crippen LogP contribution is 2.38. The number of benzene rings is 2. The lowest BCUT2D eigenvalue weighted by atomic mass is 10.1. The number of carbonyl (C=O) groups is 2. The summed E-state index contributed by atoms with van der Waals surface area (Å²) in [4.78, 5) is 35.5. The second-order valence-electron chi connectivity index (χ2n) is 6.70. The van der Waals surface area contributed by atoms with Crippen molar-refractivity contribution < 1.29 is 14.8 Å². The van der Waals surface area contributed by atoms with Gasteiger partial charge in [0.1, 0.15) is 11.5 Å². The molecule has 3 aromatic rings. The molecule has 28 heavy (non-hydrogen) atoms. The molecule has 0 bridgehead atoms. The molecule has 1 aromatic heterocycles. The fraction of sp³-hybridized carbons (Fsp3) is 0.143. The molecule has 0 atom stereocenters. The summed E-state index contributed by atoms with van der Waals surface area (Å²) in [5.41, 5.74) is 5.42. The summed E-state index contributed by atoms with van der Waals surface area (Å²) in [6.07, 6.45) is -0.0133. The number of rotatable bonds is 3. The van der Waals surface area contributed by atoms with Gasteiger partial charge in [0, 0.05) is 11.1 Å². The Morgan fingerprint density at radius 1 is 1.07 bits per heavy atom. The highest BCUT2D eigenvalue weighted by Gasteiger charge is 2.36. The second-order valence-corrected chi connectivity index (χ2v) is 6.70. The van der Waals surface area contributed by atoms with Gasteiger partial charge in [-0.15, -0.1) is 0 Å². The fourth-order valence-corrected chi connectivity index (χ4v) is 3.30. The summed E-state index contributed by atoms with van der Waals surface area (Å²) in [5, 5.41) is 9.15. The molecule has 0 aliphatic carbocycles. The van der Waals surface area contributed by atoms with Gasteiger partial charge in [0.25, 0.3) is 5.91 Å². The van der Waals surface area contributed by atoms with E-state index in [1.165, 1.54) is 4.90 Å². The van der Waals surface area contributed by atoms with Gasteiger partial charge < -0.3 is 0 Å². The number of hydrogen-bond donors (Lipinski definition) is 2. The average molecular weight is 374 g/mol. The van der Waals surface area contributed by atoms with Crippen LogP contribution < -0.4 is 10.4 Å². The molecule has 2 aromatic carbocycles. The van der Waals surface area contributed by atoms with E-state index in [0.29, 0.717) is 28.5 Å². The van der Waals surface area contributed by atoms with Gasteiger partial charge in [-0.25, -0.2) is 15.4 Å².